The number of aromatic nitrogens is 2. The van der Waals surface area contributed by atoms with Gasteiger partial charge in [0.05, 0.1) is 18.8 Å². The summed E-state index contributed by atoms with van der Waals surface area (Å²) in [6.07, 6.45) is 2.25. The molecule has 0 spiro atoms. The number of nitrogens with two attached hydrogens (primary N) is 1. The van der Waals surface area contributed by atoms with Crippen molar-refractivity contribution in [3.63, 3.8) is 0 Å². The van der Waals surface area contributed by atoms with Gasteiger partial charge in [0.1, 0.15) is 11.1 Å². The minimum atomic E-state index is -4.27. The van der Waals surface area contributed by atoms with E-state index in [4.69, 9.17) is 15.5 Å². The Bertz CT molecular complexity index is 410. The lowest BCUT2D eigenvalue weighted by Gasteiger charge is -2.06. The number of hydrogen-bond acceptors (Lipinski definition) is 4. The third-order valence-corrected chi connectivity index (χ3v) is 2.77. The van der Waals surface area contributed by atoms with Crippen LogP contribution in [0.4, 0.5) is 0 Å². The van der Waals surface area contributed by atoms with Crippen molar-refractivity contribution >= 4 is 18.7 Å². The Kier molecular flexibility index (Phi) is 3.41. The van der Waals surface area contributed by atoms with E-state index in [1.807, 2.05) is 0 Å². The topological polar surface area (TPSA) is 118 Å². The van der Waals surface area contributed by atoms with Crippen LogP contribution in [-0.2, 0) is 15.9 Å². The summed E-state index contributed by atoms with van der Waals surface area (Å²) in [6, 6.07) is -0.713. The zero-order chi connectivity index (χ0) is 11.6. The molecule has 0 aliphatic carbocycles. The Balaban J connectivity index is 2.78. The molecule has 0 amide bonds. The standard InChI is InChI=1S/C7H12N3O4P/c1-5(11)7(8)4-10-3-6(2-9-10)15(12,13)14/h2-3,7H,4,8H2,1H3,(H2,12,13,14)/t7-/m0/s1. The molecule has 1 heterocycles. The van der Waals surface area contributed by atoms with Gasteiger partial charge in [-0.05, 0) is 6.92 Å². The molecular weight excluding hydrogens is 221 g/mol. The van der Waals surface area contributed by atoms with Crippen molar-refractivity contribution in [2.45, 2.75) is 19.5 Å². The fourth-order valence-corrected chi connectivity index (χ4v) is 1.42. The van der Waals surface area contributed by atoms with Crippen LogP contribution >= 0.6 is 7.60 Å². The fourth-order valence-electron chi connectivity index (χ4n) is 0.933. The van der Waals surface area contributed by atoms with Gasteiger partial charge in [0.25, 0.3) is 0 Å². The van der Waals surface area contributed by atoms with Crippen LogP contribution in [0.3, 0.4) is 0 Å². The minimum Gasteiger partial charge on any atom is -0.321 e. The first-order valence-corrected chi connectivity index (χ1v) is 5.76. The first-order valence-electron chi connectivity index (χ1n) is 4.15. The molecule has 0 aliphatic rings. The normalized spacial score (nSPS) is 13.9. The van der Waals surface area contributed by atoms with E-state index in [1.165, 1.54) is 17.8 Å². The van der Waals surface area contributed by atoms with Gasteiger partial charge in [-0.15, -0.1) is 0 Å². The second-order valence-corrected chi connectivity index (χ2v) is 4.79. The highest BCUT2D eigenvalue weighted by molar-refractivity contribution is 7.60. The van der Waals surface area contributed by atoms with Crippen molar-refractivity contribution < 1.29 is 19.1 Å². The van der Waals surface area contributed by atoms with E-state index in [2.05, 4.69) is 5.10 Å². The van der Waals surface area contributed by atoms with Crippen LogP contribution in [0, 0.1) is 0 Å². The number of hydrogen-bond donors (Lipinski definition) is 3. The number of carbonyl (C=O) groups excluding carboxylic acids is 1. The van der Waals surface area contributed by atoms with Crippen molar-refractivity contribution in [1.29, 1.82) is 0 Å². The molecule has 1 rings (SSSR count). The van der Waals surface area contributed by atoms with E-state index in [0.717, 1.165) is 6.20 Å². The van der Waals surface area contributed by atoms with Crippen molar-refractivity contribution in [2.75, 3.05) is 0 Å². The third-order valence-electron chi connectivity index (χ3n) is 1.86. The maximum absolute atomic E-state index is 10.8. The SMILES string of the molecule is CC(=O)[C@@H](N)Cn1cc(P(=O)(O)O)cn1. The van der Waals surface area contributed by atoms with Crippen LogP contribution in [0.5, 0.6) is 0 Å². The first-order chi connectivity index (χ1) is 6.80. The molecule has 1 aromatic heterocycles. The summed E-state index contributed by atoms with van der Waals surface area (Å²) in [5.41, 5.74) is 5.46. The average Bonchev–Trinajstić information content (AvgIpc) is 2.51. The molecule has 7 nitrogen and oxygen atoms in total. The summed E-state index contributed by atoms with van der Waals surface area (Å²) in [5, 5.41) is 3.52. The Morgan fingerprint density at radius 2 is 2.33 bits per heavy atom. The quantitative estimate of drug-likeness (QED) is 0.550. The number of ketones is 1. The molecule has 0 saturated heterocycles. The number of carbonyl (C=O) groups is 1. The summed E-state index contributed by atoms with van der Waals surface area (Å²) < 4.78 is 12.0. The summed E-state index contributed by atoms with van der Waals surface area (Å²) in [6.45, 7) is 1.45. The van der Waals surface area contributed by atoms with Gasteiger partial charge in [-0.3, -0.25) is 14.0 Å². The predicted molar refractivity (Wildman–Crippen MR) is 52.6 cm³/mol. The molecule has 8 heteroatoms. The van der Waals surface area contributed by atoms with Crippen molar-refractivity contribution in [1.82, 2.24) is 9.78 Å². The third kappa shape index (κ3) is 3.24. The molecule has 0 unspecified atom stereocenters. The molecule has 4 N–H and O–H groups in total. The van der Waals surface area contributed by atoms with Gasteiger partial charge >= 0.3 is 7.60 Å². The molecule has 1 aromatic rings. The van der Waals surface area contributed by atoms with Gasteiger partial charge < -0.3 is 15.5 Å². The van der Waals surface area contributed by atoms with E-state index >= 15 is 0 Å². The molecule has 0 bridgehead atoms. The average molecular weight is 233 g/mol. The summed E-state index contributed by atoms with van der Waals surface area (Å²) in [5.74, 6) is -0.205. The Labute approximate surface area is 86.1 Å². The predicted octanol–water partition coefficient (Wildman–Crippen LogP) is -1.40. The van der Waals surface area contributed by atoms with Gasteiger partial charge in [0.15, 0.2) is 0 Å². The summed E-state index contributed by atoms with van der Waals surface area (Å²) in [4.78, 5) is 28.4. The maximum atomic E-state index is 10.8. The zero-order valence-electron chi connectivity index (χ0n) is 8.07. The number of nitrogens with zero attached hydrogens (tertiary/aromatic N) is 2. The van der Waals surface area contributed by atoms with E-state index in [-0.39, 0.29) is 17.6 Å². The highest BCUT2D eigenvalue weighted by Crippen LogP contribution is 2.32. The second-order valence-electron chi connectivity index (χ2n) is 3.18. The number of rotatable bonds is 4. The molecule has 84 valence electrons. The first kappa shape index (κ1) is 12.1. The summed E-state index contributed by atoms with van der Waals surface area (Å²) in [7, 11) is -4.27. The molecule has 1 atom stereocenters. The van der Waals surface area contributed by atoms with Gasteiger partial charge in [0.2, 0.25) is 0 Å². The lowest BCUT2D eigenvalue weighted by atomic mass is 10.2. The van der Waals surface area contributed by atoms with Gasteiger partial charge in [-0.2, -0.15) is 5.10 Å². The Hall–Kier alpha value is -1.01. The van der Waals surface area contributed by atoms with Crippen LogP contribution in [0.25, 0.3) is 0 Å². The highest BCUT2D eigenvalue weighted by Gasteiger charge is 2.20. The van der Waals surface area contributed by atoms with Crippen molar-refractivity contribution in [3.8, 4) is 0 Å². The molecule has 0 aromatic carbocycles. The number of Topliss-reactive ketones (excluding diaryl/α,β-unsaturated/α-hetero) is 1. The Morgan fingerprint density at radius 1 is 1.73 bits per heavy atom. The van der Waals surface area contributed by atoms with Crippen LogP contribution in [-0.4, -0.2) is 31.4 Å². The van der Waals surface area contributed by atoms with Crippen molar-refractivity contribution in [2.24, 2.45) is 5.73 Å². The molecule has 15 heavy (non-hydrogen) atoms. The van der Waals surface area contributed by atoms with Gasteiger partial charge in [-0.1, -0.05) is 0 Å². The van der Waals surface area contributed by atoms with E-state index in [9.17, 15) is 9.36 Å². The van der Waals surface area contributed by atoms with E-state index in [0.29, 0.717) is 0 Å². The molecule has 0 fully saturated rings. The Morgan fingerprint density at radius 3 is 2.73 bits per heavy atom. The molecule has 0 aliphatic heterocycles. The van der Waals surface area contributed by atoms with Gasteiger partial charge in [-0.25, -0.2) is 0 Å². The van der Waals surface area contributed by atoms with E-state index < -0.39 is 13.6 Å². The minimum absolute atomic E-state index is 0.106. The smallest absolute Gasteiger partial charge is 0.321 e. The largest absolute Gasteiger partial charge is 0.359 e. The fraction of sp³-hybridized carbons (Fsp3) is 0.429. The van der Waals surface area contributed by atoms with Crippen LogP contribution in [0.1, 0.15) is 6.92 Å². The van der Waals surface area contributed by atoms with Crippen molar-refractivity contribution in [3.05, 3.63) is 12.4 Å². The van der Waals surface area contributed by atoms with Crippen LogP contribution < -0.4 is 11.0 Å². The monoisotopic (exact) mass is 233 g/mol. The highest BCUT2D eigenvalue weighted by atomic mass is 31.2. The van der Waals surface area contributed by atoms with Crippen LogP contribution in [0.2, 0.25) is 0 Å². The molecular formula is C7H12N3O4P. The lowest BCUT2D eigenvalue weighted by Crippen LogP contribution is -2.33. The van der Waals surface area contributed by atoms with Gasteiger partial charge in [0, 0.05) is 6.20 Å². The van der Waals surface area contributed by atoms with E-state index in [1.54, 1.807) is 0 Å². The summed E-state index contributed by atoms with van der Waals surface area (Å²) >= 11 is 0. The lowest BCUT2D eigenvalue weighted by molar-refractivity contribution is -0.118. The molecule has 0 radical (unpaired) electrons. The second kappa shape index (κ2) is 4.24. The molecule has 0 saturated carbocycles. The van der Waals surface area contributed by atoms with Crippen LogP contribution in [0.15, 0.2) is 12.4 Å². The maximum Gasteiger partial charge on any atom is 0.359 e. The zero-order valence-corrected chi connectivity index (χ0v) is 8.96.